The average molecular weight is 396 g/mol. The molecule has 0 radical (unpaired) electrons. The number of benzene rings is 1. The number of nitrogens with one attached hydrogen (secondary N) is 1. The molecule has 1 fully saturated rings. The maximum absolute atomic E-state index is 12.4. The molecule has 0 bridgehead atoms. The van der Waals surface area contributed by atoms with E-state index in [2.05, 4.69) is 5.32 Å². The Bertz CT molecular complexity index is 499. The molecule has 0 unspecified atom stereocenters. The highest BCUT2D eigenvalue weighted by atomic mass is 16.6. The number of nitrogens with zero attached hydrogens (tertiary/aromatic N) is 1. The quantitative estimate of drug-likeness (QED) is 0.807. The average Bonchev–Trinajstić information content (AvgIpc) is 2.72. The summed E-state index contributed by atoms with van der Waals surface area (Å²) in [5.41, 5.74) is 0.952. The third-order valence-corrected chi connectivity index (χ3v) is 4.06. The number of hydrogen-bond donors (Lipinski definition) is 1. The molecule has 28 heavy (non-hydrogen) atoms. The van der Waals surface area contributed by atoms with Crippen molar-refractivity contribution in [3.63, 3.8) is 0 Å². The Balaban J connectivity index is 1.75. The molecule has 1 heterocycles. The van der Waals surface area contributed by atoms with Crippen molar-refractivity contribution >= 4 is 6.09 Å². The summed E-state index contributed by atoms with van der Waals surface area (Å²) in [5.74, 6) is 0. The second-order valence-corrected chi connectivity index (χ2v) is 6.23. The van der Waals surface area contributed by atoms with Gasteiger partial charge in [0.15, 0.2) is 0 Å². The summed E-state index contributed by atoms with van der Waals surface area (Å²) in [5, 5.41) is 3.24. The normalized spacial score (nSPS) is 19.4. The summed E-state index contributed by atoms with van der Waals surface area (Å²) < 4.78 is 27.5. The number of ether oxygens (including phenoxy) is 5. The van der Waals surface area contributed by atoms with Gasteiger partial charge in [0.25, 0.3) is 0 Å². The van der Waals surface area contributed by atoms with E-state index in [4.69, 9.17) is 23.7 Å². The monoisotopic (exact) mass is 396 g/mol. The van der Waals surface area contributed by atoms with Crippen molar-refractivity contribution in [2.24, 2.45) is 0 Å². The van der Waals surface area contributed by atoms with Gasteiger partial charge in [0, 0.05) is 26.2 Å². The van der Waals surface area contributed by atoms with E-state index < -0.39 is 0 Å². The van der Waals surface area contributed by atoms with Crippen LogP contribution in [0.4, 0.5) is 4.79 Å². The van der Waals surface area contributed by atoms with E-state index >= 15 is 0 Å². The van der Waals surface area contributed by atoms with Gasteiger partial charge in [0.2, 0.25) is 0 Å². The molecule has 2 rings (SSSR count). The fourth-order valence-electron chi connectivity index (χ4n) is 2.51. The smallest absolute Gasteiger partial charge is 0.410 e. The predicted molar refractivity (Wildman–Crippen MR) is 104 cm³/mol. The zero-order valence-corrected chi connectivity index (χ0v) is 16.5. The minimum Gasteiger partial charge on any atom is -0.445 e. The fraction of sp³-hybridized carbons (Fsp3) is 0.650. The Labute approximate surface area is 167 Å². The van der Waals surface area contributed by atoms with Gasteiger partial charge in [0.1, 0.15) is 6.61 Å². The number of amides is 1. The molecule has 1 amide bonds. The lowest BCUT2D eigenvalue weighted by molar-refractivity contribution is 0.0171. The highest BCUT2D eigenvalue weighted by Crippen LogP contribution is 2.03. The molecule has 8 heteroatoms. The third-order valence-electron chi connectivity index (χ3n) is 4.06. The standard InChI is InChI=1S/C20H32N2O6/c23-20(28-18-19-4-2-1-3-5-19)22-8-12-26-16-14-24-10-6-21-7-11-25-15-17-27-13-9-22/h1-5,21H,6-18H2. The molecule has 1 saturated heterocycles. The molecule has 0 aromatic heterocycles. The Morgan fingerprint density at radius 1 is 0.821 bits per heavy atom. The maximum atomic E-state index is 12.4. The van der Waals surface area contributed by atoms with E-state index in [0.29, 0.717) is 65.9 Å². The summed E-state index contributed by atoms with van der Waals surface area (Å²) in [6.45, 7) is 6.82. The summed E-state index contributed by atoms with van der Waals surface area (Å²) in [7, 11) is 0. The third kappa shape index (κ3) is 10.6. The SMILES string of the molecule is O=C(OCc1ccccc1)N1CCOCCOCCNCCOCCOCC1. The molecule has 0 spiro atoms. The lowest BCUT2D eigenvalue weighted by Gasteiger charge is -2.22. The largest absolute Gasteiger partial charge is 0.445 e. The summed E-state index contributed by atoms with van der Waals surface area (Å²) >= 11 is 0. The maximum Gasteiger partial charge on any atom is 0.410 e. The van der Waals surface area contributed by atoms with Crippen LogP contribution in [0.25, 0.3) is 0 Å². The van der Waals surface area contributed by atoms with Gasteiger partial charge in [0.05, 0.1) is 52.9 Å². The Morgan fingerprint density at radius 3 is 1.93 bits per heavy atom. The first kappa shape index (κ1) is 22.6. The van der Waals surface area contributed by atoms with Gasteiger partial charge < -0.3 is 33.9 Å². The number of hydrogen-bond acceptors (Lipinski definition) is 7. The number of rotatable bonds is 2. The van der Waals surface area contributed by atoms with Crippen molar-refractivity contribution in [3.05, 3.63) is 35.9 Å². The summed E-state index contributed by atoms with van der Waals surface area (Å²) in [6, 6.07) is 9.62. The molecule has 0 saturated carbocycles. The van der Waals surface area contributed by atoms with Crippen molar-refractivity contribution in [2.45, 2.75) is 6.61 Å². The lowest BCUT2D eigenvalue weighted by Crippen LogP contribution is -2.37. The molecule has 1 aromatic carbocycles. The van der Waals surface area contributed by atoms with Gasteiger partial charge in [-0.1, -0.05) is 30.3 Å². The fourth-order valence-corrected chi connectivity index (χ4v) is 2.51. The second-order valence-electron chi connectivity index (χ2n) is 6.23. The van der Waals surface area contributed by atoms with Crippen LogP contribution in [-0.2, 0) is 30.3 Å². The van der Waals surface area contributed by atoms with Crippen LogP contribution in [0.5, 0.6) is 0 Å². The Morgan fingerprint density at radius 2 is 1.36 bits per heavy atom. The van der Waals surface area contributed by atoms with Crippen molar-refractivity contribution in [1.82, 2.24) is 10.2 Å². The van der Waals surface area contributed by atoms with Crippen molar-refractivity contribution in [1.29, 1.82) is 0 Å². The molecule has 0 aliphatic carbocycles. The van der Waals surface area contributed by atoms with Gasteiger partial charge in [-0.3, -0.25) is 0 Å². The van der Waals surface area contributed by atoms with Gasteiger partial charge >= 0.3 is 6.09 Å². The molecule has 8 nitrogen and oxygen atoms in total. The number of carbonyl (C=O) groups excluding carboxylic acids is 1. The molecule has 1 aromatic rings. The van der Waals surface area contributed by atoms with Crippen LogP contribution in [0.2, 0.25) is 0 Å². The van der Waals surface area contributed by atoms with Gasteiger partial charge in [-0.15, -0.1) is 0 Å². The molecule has 158 valence electrons. The lowest BCUT2D eigenvalue weighted by atomic mass is 10.2. The van der Waals surface area contributed by atoms with Crippen LogP contribution < -0.4 is 5.32 Å². The van der Waals surface area contributed by atoms with E-state index in [1.165, 1.54) is 0 Å². The van der Waals surface area contributed by atoms with Crippen LogP contribution in [-0.4, -0.2) is 90.0 Å². The molecular formula is C20H32N2O6. The van der Waals surface area contributed by atoms with Crippen LogP contribution in [0, 0.1) is 0 Å². The molecule has 1 N–H and O–H groups in total. The molecule has 1 aliphatic rings. The van der Waals surface area contributed by atoms with Crippen molar-refractivity contribution < 1.29 is 28.5 Å². The summed E-state index contributed by atoms with van der Waals surface area (Å²) in [4.78, 5) is 14.0. The first-order valence-corrected chi connectivity index (χ1v) is 9.83. The van der Waals surface area contributed by atoms with E-state index in [1.807, 2.05) is 30.3 Å². The van der Waals surface area contributed by atoms with Crippen LogP contribution in [0.3, 0.4) is 0 Å². The first-order chi connectivity index (χ1) is 13.9. The minimum absolute atomic E-state index is 0.244. The Hall–Kier alpha value is -1.71. The highest BCUT2D eigenvalue weighted by molar-refractivity contribution is 5.67. The summed E-state index contributed by atoms with van der Waals surface area (Å²) in [6.07, 6.45) is -0.371. The van der Waals surface area contributed by atoms with Gasteiger partial charge in [-0.25, -0.2) is 4.79 Å². The Kier molecular flexibility index (Phi) is 12.3. The van der Waals surface area contributed by atoms with Crippen molar-refractivity contribution in [3.8, 4) is 0 Å². The predicted octanol–water partition coefficient (Wildman–Crippen LogP) is 1.29. The van der Waals surface area contributed by atoms with E-state index in [9.17, 15) is 4.79 Å². The van der Waals surface area contributed by atoms with Crippen molar-refractivity contribution in [2.75, 3.05) is 79.0 Å². The van der Waals surface area contributed by atoms with Crippen LogP contribution >= 0.6 is 0 Å². The minimum atomic E-state index is -0.371. The topological polar surface area (TPSA) is 78.5 Å². The highest BCUT2D eigenvalue weighted by Gasteiger charge is 2.15. The van der Waals surface area contributed by atoms with E-state index in [1.54, 1.807) is 4.90 Å². The molecule has 0 atom stereocenters. The van der Waals surface area contributed by atoms with E-state index in [-0.39, 0.29) is 12.7 Å². The van der Waals surface area contributed by atoms with E-state index in [0.717, 1.165) is 18.7 Å². The number of carbonyl (C=O) groups is 1. The molecule has 1 aliphatic heterocycles. The zero-order valence-electron chi connectivity index (χ0n) is 16.5. The van der Waals surface area contributed by atoms with Gasteiger partial charge in [-0.05, 0) is 5.56 Å². The van der Waals surface area contributed by atoms with Crippen LogP contribution in [0.15, 0.2) is 30.3 Å². The van der Waals surface area contributed by atoms with Crippen LogP contribution in [0.1, 0.15) is 5.56 Å². The second kappa shape index (κ2) is 15.2. The zero-order chi connectivity index (χ0) is 19.7. The molecular weight excluding hydrogens is 364 g/mol. The first-order valence-electron chi connectivity index (χ1n) is 9.83. The van der Waals surface area contributed by atoms with Gasteiger partial charge in [-0.2, -0.15) is 0 Å².